The fourth-order valence-electron chi connectivity index (χ4n) is 13.1. The molecule has 0 spiro atoms. The molecule has 4 saturated carbocycles. The van der Waals surface area contributed by atoms with Crippen molar-refractivity contribution in [2.75, 3.05) is 34.0 Å². The highest BCUT2D eigenvalue weighted by atomic mass is 16.7. The Bertz CT molecular complexity index is 1290. The van der Waals surface area contributed by atoms with E-state index in [1.807, 2.05) is 6.92 Å². The van der Waals surface area contributed by atoms with Crippen LogP contribution in [0.3, 0.4) is 0 Å². The second-order valence-corrected chi connectivity index (χ2v) is 19.2. The summed E-state index contributed by atoms with van der Waals surface area (Å²) in [5.74, 6) is -1.25. The van der Waals surface area contributed by atoms with Crippen molar-refractivity contribution in [3.05, 3.63) is 0 Å². The van der Waals surface area contributed by atoms with Gasteiger partial charge < -0.3 is 74.4 Å². The minimum absolute atomic E-state index is 0.00714. The lowest BCUT2D eigenvalue weighted by molar-refractivity contribution is -0.332. The van der Waals surface area contributed by atoms with E-state index in [1.165, 1.54) is 14.2 Å². The predicted molar refractivity (Wildman–Crippen MR) is 200 cm³/mol. The molecule has 0 aromatic carbocycles. The van der Waals surface area contributed by atoms with Crippen LogP contribution in [0.4, 0.5) is 0 Å². The number of hydrogen-bond acceptors (Lipinski definition) is 15. The van der Waals surface area contributed by atoms with Gasteiger partial charge in [-0.1, -0.05) is 41.0 Å². The van der Waals surface area contributed by atoms with Crippen molar-refractivity contribution in [3.63, 3.8) is 0 Å². The van der Waals surface area contributed by atoms with Gasteiger partial charge in [0.25, 0.3) is 0 Å². The normalized spacial score (nSPS) is 51.9. The maximum Gasteiger partial charge on any atom is 0.186 e. The first kappa shape index (κ1) is 44.9. The number of ether oxygens (including phenoxy) is 6. The van der Waals surface area contributed by atoms with Gasteiger partial charge in [-0.2, -0.15) is 0 Å². The maximum absolute atomic E-state index is 12.7. The van der Waals surface area contributed by atoms with Gasteiger partial charge in [0.05, 0.1) is 55.9 Å². The van der Waals surface area contributed by atoms with Gasteiger partial charge in [-0.3, -0.25) is 0 Å². The molecule has 0 radical (unpaired) electrons. The van der Waals surface area contributed by atoms with Crippen LogP contribution >= 0.6 is 0 Å². The van der Waals surface area contributed by atoms with Crippen molar-refractivity contribution in [2.24, 2.45) is 52.3 Å². The first-order valence-electron chi connectivity index (χ1n) is 21.1. The number of fused-ring (bicyclic) bond motifs is 5. The molecule has 0 amide bonds. The zero-order valence-corrected chi connectivity index (χ0v) is 34.3. The van der Waals surface area contributed by atoms with E-state index in [0.717, 1.165) is 12.8 Å². The number of hydrogen-bond donors (Lipinski definition) is 9. The molecule has 15 nitrogen and oxygen atoms in total. The molecule has 2 saturated heterocycles. The third-order valence-electron chi connectivity index (χ3n) is 15.9. The molecule has 2 aliphatic heterocycles. The largest absolute Gasteiger partial charge is 0.393 e. The highest BCUT2D eigenvalue weighted by Gasteiger charge is 2.73. The van der Waals surface area contributed by atoms with Crippen LogP contribution in [0.5, 0.6) is 0 Å². The minimum atomic E-state index is -1.44. The summed E-state index contributed by atoms with van der Waals surface area (Å²) < 4.78 is 34.2. The molecule has 22 atom stereocenters. The smallest absolute Gasteiger partial charge is 0.186 e. The average molecular weight is 805 g/mol. The summed E-state index contributed by atoms with van der Waals surface area (Å²) in [4.78, 5) is 0. The molecule has 6 rings (SSSR count). The molecule has 0 aromatic rings. The molecule has 4 aliphatic carbocycles. The van der Waals surface area contributed by atoms with Gasteiger partial charge in [-0.15, -0.1) is 0 Å². The van der Waals surface area contributed by atoms with Crippen LogP contribution in [-0.2, 0) is 28.4 Å². The Labute approximate surface area is 331 Å². The molecule has 56 heavy (non-hydrogen) atoms. The van der Waals surface area contributed by atoms with E-state index in [4.69, 9.17) is 28.4 Å². The number of rotatable bonds is 13. The fraction of sp³-hybridized carbons (Fsp3) is 1.00. The van der Waals surface area contributed by atoms with Gasteiger partial charge in [0.2, 0.25) is 0 Å². The number of aliphatic hydroxyl groups excluding tert-OH is 8. The van der Waals surface area contributed by atoms with Crippen LogP contribution in [0.25, 0.3) is 0 Å². The average Bonchev–Trinajstić information content (AvgIpc) is 3.34. The molecule has 2 heterocycles. The van der Waals surface area contributed by atoms with E-state index in [0.29, 0.717) is 44.6 Å². The maximum atomic E-state index is 12.7. The van der Waals surface area contributed by atoms with Crippen molar-refractivity contribution in [1.29, 1.82) is 0 Å². The van der Waals surface area contributed by atoms with E-state index in [1.54, 1.807) is 0 Å². The highest BCUT2D eigenvalue weighted by molar-refractivity contribution is 5.22. The van der Waals surface area contributed by atoms with Crippen LogP contribution in [0.2, 0.25) is 0 Å². The van der Waals surface area contributed by atoms with E-state index in [-0.39, 0.29) is 43.3 Å². The Balaban J connectivity index is 1.04. The summed E-state index contributed by atoms with van der Waals surface area (Å²) in [5.41, 5.74) is -2.65. The second kappa shape index (κ2) is 17.4. The van der Waals surface area contributed by atoms with Gasteiger partial charge in [-0.05, 0) is 78.9 Å². The van der Waals surface area contributed by atoms with Crippen LogP contribution in [0.15, 0.2) is 0 Å². The van der Waals surface area contributed by atoms with Gasteiger partial charge in [0, 0.05) is 32.5 Å². The first-order valence-corrected chi connectivity index (χ1v) is 21.1. The van der Waals surface area contributed by atoms with Gasteiger partial charge in [0.15, 0.2) is 12.6 Å². The van der Waals surface area contributed by atoms with Gasteiger partial charge in [0.1, 0.15) is 36.6 Å². The van der Waals surface area contributed by atoms with Gasteiger partial charge in [-0.25, -0.2) is 0 Å². The summed E-state index contributed by atoms with van der Waals surface area (Å²) in [6, 6.07) is 0. The Kier molecular flexibility index (Phi) is 14.0. The summed E-state index contributed by atoms with van der Waals surface area (Å²) in [6.07, 6.45) is -8.79. The Morgan fingerprint density at radius 3 is 1.98 bits per heavy atom. The number of methoxy groups -OCH3 is 2. The van der Waals surface area contributed by atoms with E-state index in [9.17, 15) is 46.0 Å². The lowest BCUT2D eigenvalue weighted by Crippen LogP contribution is -2.71. The fourth-order valence-corrected chi connectivity index (χ4v) is 13.1. The topological polar surface area (TPSA) is 237 Å². The lowest BCUT2D eigenvalue weighted by atomic mass is 9.41. The molecule has 9 N–H and O–H groups in total. The quantitative estimate of drug-likeness (QED) is 0.122. The molecule has 326 valence electrons. The molecule has 15 heteroatoms. The lowest BCUT2D eigenvalue weighted by Gasteiger charge is -2.66. The molecular formula is C41H72O15. The molecule has 6 aliphatic rings. The van der Waals surface area contributed by atoms with Crippen molar-refractivity contribution in [2.45, 2.75) is 171 Å². The van der Waals surface area contributed by atoms with Crippen LogP contribution in [-0.4, -0.2) is 165 Å². The minimum Gasteiger partial charge on any atom is -0.393 e. The summed E-state index contributed by atoms with van der Waals surface area (Å²) >= 11 is 0. The Morgan fingerprint density at radius 2 is 1.32 bits per heavy atom. The molecule has 6 fully saturated rings. The highest BCUT2D eigenvalue weighted by Crippen LogP contribution is 2.70. The second-order valence-electron chi connectivity index (χ2n) is 19.2. The van der Waals surface area contributed by atoms with Crippen LogP contribution in [0, 0.1) is 52.3 Å². The first-order chi connectivity index (χ1) is 26.3. The molecule has 0 bridgehead atoms. The van der Waals surface area contributed by atoms with Crippen molar-refractivity contribution < 1.29 is 74.4 Å². The van der Waals surface area contributed by atoms with Gasteiger partial charge >= 0.3 is 0 Å². The van der Waals surface area contributed by atoms with Crippen LogP contribution < -0.4 is 0 Å². The molecule has 0 aromatic heterocycles. The monoisotopic (exact) mass is 804 g/mol. The van der Waals surface area contributed by atoms with Crippen molar-refractivity contribution in [1.82, 2.24) is 0 Å². The van der Waals surface area contributed by atoms with Crippen molar-refractivity contribution in [3.8, 4) is 0 Å². The molecular weight excluding hydrogens is 732 g/mol. The van der Waals surface area contributed by atoms with Crippen molar-refractivity contribution >= 4 is 0 Å². The summed E-state index contributed by atoms with van der Waals surface area (Å²) in [7, 11) is 2.82. The van der Waals surface area contributed by atoms with Crippen LogP contribution in [0.1, 0.15) is 86.0 Å². The predicted octanol–water partition coefficient (Wildman–Crippen LogP) is 0.310. The zero-order valence-electron chi connectivity index (χ0n) is 34.3. The van der Waals surface area contributed by atoms with E-state index in [2.05, 4.69) is 27.7 Å². The Morgan fingerprint density at radius 1 is 0.679 bits per heavy atom. The summed E-state index contributed by atoms with van der Waals surface area (Å²) in [5, 5.41) is 101. The third-order valence-corrected chi connectivity index (χ3v) is 15.9. The third kappa shape index (κ3) is 7.77. The van der Waals surface area contributed by atoms with E-state index < -0.39 is 108 Å². The zero-order chi connectivity index (χ0) is 41.1. The summed E-state index contributed by atoms with van der Waals surface area (Å²) in [6.45, 7) is 10.8. The number of aliphatic hydroxyl groups is 9. The standard InChI is InChI=1S/C41H72O15/c1-19(2)21(12-15-53-37-33(49)35(52-7)25(18-55-37)56-38-32(48)34(51-6)24(44)17-54-38)9-8-20(3)27-30(46)31(47)36-40(27,5)14-11-26-39(4)13-10-22(42)29(45)28(39)23(43)16-41(26,36)50/h19-38,42-50H,8-18H2,1-7H3/t20-,21-,22+,23+,24-,25-,26-,27+,28+,29+,30-,31-,32-,33-,34+,35+,36-,37-,38+,39-,40-,41+/m1/s1. The SMILES string of the molecule is CO[C@@H]1[C@@H](O)[C@H](O[C@@H]2CO[C@@H](OCC[C@@H](CC[C@@H](C)[C@H]3[C@@H](O)[C@@H](O)[C@@H]4[C@]3(C)CC[C@@H]3[C@@]5(C)CC[C@H](O)[C@H](O)[C@@H]5[C@@H](O)C[C@]34O)C(C)C)[C@H](O)[C@H]2OC)OC[C@H]1O. The molecule has 0 unspecified atom stereocenters. The van der Waals surface area contributed by atoms with E-state index >= 15 is 0 Å². The Hall–Kier alpha value is -0.600.